The van der Waals surface area contributed by atoms with E-state index in [-0.39, 0.29) is 6.42 Å². The lowest BCUT2D eigenvalue weighted by Gasteiger charge is -2.42. The molecular formula is C19H30N6O14P2. The van der Waals surface area contributed by atoms with Gasteiger partial charge in [-0.3, -0.25) is 18.4 Å². The largest absolute Gasteiger partial charge is 0.483 e. The summed E-state index contributed by atoms with van der Waals surface area (Å²) in [6, 6.07) is -1.64. The highest BCUT2D eigenvalue weighted by atomic mass is 31.3. The number of hydrogen-bond acceptors (Lipinski definition) is 16. The lowest BCUT2D eigenvalue weighted by Crippen LogP contribution is -2.64. The molecule has 22 heteroatoms. The van der Waals surface area contributed by atoms with Crippen molar-refractivity contribution in [3.8, 4) is 0 Å². The summed E-state index contributed by atoms with van der Waals surface area (Å²) in [5, 5.41) is 45.1. The molecule has 0 aromatic carbocycles. The van der Waals surface area contributed by atoms with Gasteiger partial charge in [-0.1, -0.05) is 0 Å². The van der Waals surface area contributed by atoms with E-state index in [0.29, 0.717) is 17.0 Å². The summed E-state index contributed by atoms with van der Waals surface area (Å²) in [5.74, 6) is -0.293. The van der Waals surface area contributed by atoms with Gasteiger partial charge < -0.3 is 50.3 Å². The van der Waals surface area contributed by atoms with Gasteiger partial charge in [0, 0.05) is 20.4 Å². The Morgan fingerprint density at radius 2 is 1.85 bits per heavy atom. The molecule has 0 bridgehead atoms. The van der Waals surface area contributed by atoms with Crippen molar-refractivity contribution < 1.29 is 67.0 Å². The number of imidazole rings is 1. The molecular weight excluding hydrogens is 598 g/mol. The highest BCUT2D eigenvalue weighted by molar-refractivity contribution is 7.61. The molecule has 20 nitrogen and oxygen atoms in total. The van der Waals surface area contributed by atoms with Crippen molar-refractivity contribution in [2.45, 2.75) is 62.4 Å². The molecule has 0 spiro atoms. The van der Waals surface area contributed by atoms with E-state index in [4.69, 9.17) is 18.5 Å². The predicted octanol–water partition coefficient (Wildman–Crippen LogP) is -2.29. The van der Waals surface area contributed by atoms with Crippen LogP contribution in [0.15, 0.2) is 12.7 Å². The molecule has 2 aliphatic rings. The second-order valence-electron chi connectivity index (χ2n) is 9.08. The number of carbonyl (C=O) groups is 1. The smallest absolute Gasteiger partial charge is 0.394 e. The molecule has 4 rings (SSSR count). The zero-order valence-electron chi connectivity index (χ0n) is 21.5. The maximum Gasteiger partial charge on any atom is 0.483 e. The van der Waals surface area contributed by atoms with Crippen LogP contribution < -0.4 is 10.6 Å². The number of fused-ring (bicyclic) bond motifs is 1. The number of ether oxygens (including phenoxy) is 2. The summed E-state index contributed by atoms with van der Waals surface area (Å²) >= 11 is 0. The minimum absolute atomic E-state index is 0.0142. The van der Waals surface area contributed by atoms with E-state index in [2.05, 4.69) is 29.9 Å². The lowest BCUT2D eigenvalue weighted by molar-refractivity contribution is -0.247. The van der Waals surface area contributed by atoms with E-state index >= 15 is 0 Å². The molecule has 2 saturated heterocycles. The minimum atomic E-state index is -5.53. The van der Waals surface area contributed by atoms with Gasteiger partial charge in [-0.15, -0.1) is 0 Å². The van der Waals surface area contributed by atoms with Crippen LogP contribution in [0.4, 0.5) is 5.82 Å². The fraction of sp³-hybridized carbons (Fsp3) is 0.684. The van der Waals surface area contributed by atoms with E-state index in [9.17, 15) is 44.1 Å². The molecule has 1 amide bonds. The fourth-order valence-electron chi connectivity index (χ4n) is 4.31. The number of anilines is 1. The molecule has 2 aromatic heterocycles. The van der Waals surface area contributed by atoms with Crippen molar-refractivity contribution in [3.05, 3.63) is 12.7 Å². The monoisotopic (exact) mass is 628 g/mol. The van der Waals surface area contributed by atoms with Crippen molar-refractivity contribution in [2.24, 2.45) is 0 Å². The van der Waals surface area contributed by atoms with Gasteiger partial charge in [0.15, 0.2) is 17.8 Å². The normalized spacial score (nSPS) is 33.3. The number of carbonyl (C=O) groups excluding carboxylic acids is 1. The number of aromatic nitrogens is 4. The van der Waals surface area contributed by atoms with Crippen LogP contribution in [0.2, 0.25) is 0 Å². The standard InChI is InChI=1S/C19H30N6O14P2/c1-8(27)24-13-16(30)15(29)10(4-26)37-19(13)38-41(33,34)39-40(31,32)35-5-11-9(28)3-12(36-11)25-7-23-14-17(20-2)21-6-22-18(14)25/h6-7,9-13,15-16,19,26,28-30H,3-5H2,1-2H3,(H,24,27)(H,31,32)(H,33,34)(H,20,21,22)/t9-,10+,11+,12+,13+,15+,16+,19+/m0/s1. The third kappa shape index (κ3) is 7.26. The lowest BCUT2D eigenvalue weighted by atomic mass is 9.97. The topological polar surface area (TPSA) is 286 Å². The molecule has 10 atom stereocenters. The van der Waals surface area contributed by atoms with E-state index < -0.39 is 83.8 Å². The number of nitrogens with one attached hydrogen (secondary N) is 2. The maximum absolute atomic E-state index is 12.5. The quantitative estimate of drug-likeness (QED) is 0.122. The molecule has 2 unspecified atom stereocenters. The Hall–Kier alpha value is -2.16. The van der Waals surface area contributed by atoms with Crippen LogP contribution in [0, 0.1) is 0 Å². The first kappa shape index (κ1) is 31.8. The first-order valence-corrected chi connectivity index (χ1v) is 15.0. The Labute approximate surface area is 231 Å². The summed E-state index contributed by atoms with van der Waals surface area (Å²) in [5.41, 5.74) is 0.830. The summed E-state index contributed by atoms with van der Waals surface area (Å²) in [7, 11) is -9.25. The summed E-state index contributed by atoms with van der Waals surface area (Å²) in [4.78, 5) is 44.1. The number of nitrogens with zero attached hydrogens (tertiary/aromatic N) is 4. The second kappa shape index (κ2) is 12.6. The van der Waals surface area contributed by atoms with Crippen molar-refractivity contribution in [1.82, 2.24) is 24.8 Å². The Morgan fingerprint density at radius 1 is 1.12 bits per heavy atom. The summed E-state index contributed by atoms with van der Waals surface area (Å²) in [6.45, 7) is -0.584. The Morgan fingerprint density at radius 3 is 2.51 bits per heavy atom. The molecule has 0 radical (unpaired) electrons. The zero-order chi connectivity index (χ0) is 30.1. The molecule has 8 N–H and O–H groups in total. The number of rotatable bonds is 11. The van der Waals surface area contributed by atoms with Gasteiger partial charge in [0.05, 0.1) is 25.6 Å². The van der Waals surface area contributed by atoms with Crippen LogP contribution in [0.25, 0.3) is 11.2 Å². The van der Waals surface area contributed by atoms with Crippen LogP contribution in [-0.4, -0.2) is 119 Å². The van der Waals surface area contributed by atoms with Crippen LogP contribution >= 0.6 is 15.6 Å². The summed E-state index contributed by atoms with van der Waals surface area (Å²) in [6.07, 6.45) is -7.51. The first-order chi connectivity index (χ1) is 19.2. The van der Waals surface area contributed by atoms with Crippen LogP contribution in [0.1, 0.15) is 19.6 Å². The molecule has 0 saturated carbocycles. The van der Waals surface area contributed by atoms with E-state index in [0.717, 1.165) is 6.92 Å². The van der Waals surface area contributed by atoms with Gasteiger partial charge in [-0.05, 0) is 0 Å². The third-order valence-corrected chi connectivity index (χ3v) is 8.81. The molecule has 41 heavy (non-hydrogen) atoms. The van der Waals surface area contributed by atoms with E-state index in [1.807, 2.05) is 0 Å². The van der Waals surface area contributed by atoms with E-state index in [1.165, 1.54) is 17.2 Å². The van der Waals surface area contributed by atoms with Crippen molar-refractivity contribution in [1.29, 1.82) is 0 Å². The predicted molar refractivity (Wildman–Crippen MR) is 133 cm³/mol. The van der Waals surface area contributed by atoms with E-state index in [1.54, 1.807) is 7.05 Å². The second-order valence-corrected chi connectivity index (χ2v) is 12.1. The number of aliphatic hydroxyl groups is 4. The molecule has 230 valence electrons. The van der Waals surface area contributed by atoms with Gasteiger partial charge in [0.25, 0.3) is 0 Å². The molecule has 2 aliphatic heterocycles. The van der Waals surface area contributed by atoms with Crippen molar-refractivity contribution in [3.63, 3.8) is 0 Å². The van der Waals surface area contributed by atoms with Crippen LogP contribution in [0.5, 0.6) is 0 Å². The number of phosphoric acid groups is 2. The average Bonchev–Trinajstić information content (AvgIpc) is 3.49. The Kier molecular flexibility index (Phi) is 9.76. The van der Waals surface area contributed by atoms with Gasteiger partial charge in [-0.2, -0.15) is 4.31 Å². The van der Waals surface area contributed by atoms with Gasteiger partial charge in [0.1, 0.15) is 48.5 Å². The number of hydrogen-bond donors (Lipinski definition) is 8. The zero-order valence-corrected chi connectivity index (χ0v) is 23.3. The van der Waals surface area contributed by atoms with Crippen LogP contribution in [0.3, 0.4) is 0 Å². The molecule has 2 aromatic rings. The van der Waals surface area contributed by atoms with Gasteiger partial charge in [-0.25, -0.2) is 24.1 Å². The van der Waals surface area contributed by atoms with Gasteiger partial charge >= 0.3 is 15.6 Å². The van der Waals surface area contributed by atoms with Crippen molar-refractivity contribution >= 4 is 38.5 Å². The molecule has 0 aliphatic carbocycles. The highest BCUT2D eigenvalue weighted by Crippen LogP contribution is 2.61. The van der Waals surface area contributed by atoms with Crippen molar-refractivity contribution in [2.75, 3.05) is 25.6 Å². The number of aliphatic hydroxyl groups excluding tert-OH is 4. The minimum Gasteiger partial charge on any atom is -0.394 e. The third-order valence-electron chi connectivity index (χ3n) is 6.21. The Bertz CT molecular complexity index is 1330. The molecule has 2 fully saturated rings. The first-order valence-electron chi connectivity index (χ1n) is 12.0. The highest BCUT2D eigenvalue weighted by Gasteiger charge is 2.49. The number of phosphoric ester groups is 2. The maximum atomic E-state index is 12.5. The van der Waals surface area contributed by atoms with Gasteiger partial charge in [0.2, 0.25) is 5.91 Å². The average molecular weight is 628 g/mol. The SMILES string of the molecule is CNc1ncnc2c1ncn2[C@H]1C[C@H](O)[C@@H](COP(=O)(O)OP(=O)(O)O[C@H]2O[C@H](CO)[C@@H](O)[C@H](O)[C@H]2NC(C)=O)O1. The number of amides is 1. The fourth-order valence-corrected chi connectivity index (χ4v) is 6.48. The Balaban J connectivity index is 1.38. The molecule has 4 heterocycles. The van der Waals surface area contributed by atoms with Crippen LogP contribution in [-0.2, 0) is 36.8 Å². The summed E-state index contributed by atoms with van der Waals surface area (Å²) < 4.78 is 51.2.